The van der Waals surface area contributed by atoms with Gasteiger partial charge in [-0.25, -0.2) is 0 Å². The highest BCUT2D eigenvalue weighted by atomic mass is 15.0. The molecule has 2 nitrogen and oxygen atoms in total. The van der Waals surface area contributed by atoms with Gasteiger partial charge in [0.15, 0.2) is 0 Å². The van der Waals surface area contributed by atoms with Gasteiger partial charge >= 0.3 is 0 Å². The van der Waals surface area contributed by atoms with Crippen LogP contribution in [0.3, 0.4) is 0 Å². The largest absolute Gasteiger partial charge is 0.309 e. The van der Waals surface area contributed by atoms with E-state index >= 15 is 0 Å². The molecule has 62 heavy (non-hydrogen) atoms. The summed E-state index contributed by atoms with van der Waals surface area (Å²) in [6, 6.07) is 64.3. The Morgan fingerprint density at radius 2 is 0.726 bits per heavy atom. The van der Waals surface area contributed by atoms with Crippen molar-refractivity contribution in [2.45, 2.75) is 71.6 Å². The highest BCUT2D eigenvalue weighted by molar-refractivity contribution is 6.11. The van der Waals surface area contributed by atoms with Crippen molar-refractivity contribution in [3.63, 3.8) is 0 Å². The van der Waals surface area contributed by atoms with Crippen LogP contribution in [0.1, 0.15) is 77.6 Å². The van der Waals surface area contributed by atoms with E-state index in [4.69, 9.17) is 0 Å². The van der Waals surface area contributed by atoms with Crippen LogP contribution in [0.2, 0.25) is 0 Å². The van der Waals surface area contributed by atoms with Gasteiger partial charge in [0.25, 0.3) is 0 Å². The van der Waals surface area contributed by atoms with Crippen molar-refractivity contribution in [2.75, 3.05) is 0 Å². The van der Waals surface area contributed by atoms with Crippen LogP contribution in [0, 0.1) is 5.41 Å². The van der Waals surface area contributed by atoms with E-state index in [9.17, 15) is 0 Å². The Bertz CT molecular complexity index is 3290. The number of benzene rings is 8. The van der Waals surface area contributed by atoms with E-state index in [0.717, 1.165) is 11.4 Å². The van der Waals surface area contributed by atoms with E-state index in [1.165, 1.54) is 99.2 Å². The van der Waals surface area contributed by atoms with Crippen molar-refractivity contribution in [3.8, 4) is 44.8 Å². The average Bonchev–Trinajstić information content (AvgIpc) is 3.91. The van der Waals surface area contributed by atoms with Crippen molar-refractivity contribution < 1.29 is 0 Å². The van der Waals surface area contributed by atoms with Gasteiger partial charge in [0.05, 0.1) is 22.1 Å². The molecule has 2 aromatic heterocycles. The standard InChI is InChI=1S/C60H52N2/c1-57(2)48-26-14-9-24-45(48)56-44(25-19-27-49(56)57)47-36-51-50(58(3,4)60(7,8)59(51,5)6)35-46(47)37-32-38(61-52-28-15-10-20-40(52)41-21-11-16-29-53(41)61)34-39(33-37)62-54-30-17-12-22-42(54)43-23-13-18-31-55(43)62/h9-36H,1-8H3. The zero-order valence-corrected chi connectivity index (χ0v) is 37.1. The minimum Gasteiger partial charge on any atom is -0.309 e. The lowest BCUT2D eigenvalue weighted by Crippen LogP contribution is -2.42. The molecule has 12 rings (SSSR count). The number of hydrogen-bond acceptors (Lipinski definition) is 0. The van der Waals surface area contributed by atoms with Crippen LogP contribution in [0.4, 0.5) is 0 Å². The first kappa shape index (κ1) is 37.1. The summed E-state index contributed by atoms with van der Waals surface area (Å²) in [5.41, 5.74) is 20.4. The molecule has 2 aliphatic rings. The fourth-order valence-corrected chi connectivity index (χ4v) is 11.9. The fraction of sp³-hybridized carbons (Fsp3) is 0.200. The van der Waals surface area contributed by atoms with Gasteiger partial charge in [-0.05, 0) is 126 Å². The first-order valence-electron chi connectivity index (χ1n) is 22.4. The molecule has 0 radical (unpaired) electrons. The number of fused-ring (bicyclic) bond motifs is 10. The first-order valence-corrected chi connectivity index (χ1v) is 22.4. The molecule has 2 aliphatic carbocycles. The van der Waals surface area contributed by atoms with Gasteiger partial charge in [-0.1, -0.05) is 171 Å². The Hall–Kier alpha value is -6.64. The molecule has 2 heterocycles. The van der Waals surface area contributed by atoms with Crippen LogP contribution in [0.5, 0.6) is 0 Å². The Labute approximate surface area is 365 Å². The zero-order valence-electron chi connectivity index (χ0n) is 37.1. The van der Waals surface area contributed by atoms with Crippen LogP contribution in [0.25, 0.3) is 88.4 Å². The van der Waals surface area contributed by atoms with E-state index in [2.05, 4.69) is 234 Å². The topological polar surface area (TPSA) is 9.86 Å². The predicted octanol–water partition coefficient (Wildman–Crippen LogP) is 16.1. The third-order valence-corrected chi connectivity index (χ3v) is 16.4. The molecular formula is C60H52N2. The second-order valence-corrected chi connectivity index (χ2v) is 20.2. The summed E-state index contributed by atoms with van der Waals surface area (Å²) in [6.45, 7) is 19.6. The summed E-state index contributed by atoms with van der Waals surface area (Å²) in [4.78, 5) is 0. The van der Waals surface area contributed by atoms with Gasteiger partial charge in [0.2, 0.25) is 0 Å². The van der Waals surface area contributed by atoms with Crippen LogP contribution in [-0.4, -0.2) is 9.13 Å². The summed E-state index contributed by atoms with van der Waals surface area (Å²) < 4.78 is 4.99. The van der Waals surface area contributed by atoms with E-state index in [1.54, 1.807) is 0 Å². The van der Waals surface area contributed by atoms with Crippen LogP contribution in [0.15, 0.2) is 170 Å². The maximum absolute atomic E-state index is 2.61. The van der Waals surface area contributed by atoms with Gasteiger partial charge in [-0.15, -0.1) is 0 Å². The number of aromatic nitrogens is 2. The van der Waals surface area contributed by atoms with E-state index < -0.39 is 0 Å². The molecule has 302 valence electrons. The highest BCUT2D eigenvalue weighted by Gasteiger charge is 2.57. The summed E-state index contributed by atoms with van der Waals surface area (Å²) in [7, 11) is 0. The molecule has 10 aromatic rings. The van der Waals surface area contributed by atoms with Crippen molar-refractivity contribution >= 4 is 43.6 Å². The number of hydrogen-bond donors (Lipinski definition) is 0. The first-order chi connectivity index (χ1) is 29.8. The normalized spacial score (nSPS) is 16.6. The van der Waals surface area contributed by atoms with Crippen LogP contribution < -0.4 is 0 Å². The molecule has 8 aromatic carbocycles. The fourth-order valence-electron chi connectivity index (χ4n) is 11.9. The Morgan fingerprint density at radius 3 is 1.23 bits per heavy atom. The van der Waals surface area contributed by atoms with Crippen LogP contribution >= 0.6 is 0 Å². The summed E-state index contributed by atoms with van der Waals surface area (Å²) >= 11 is 0. The molecule has 0 aliphatic heterocycles. The van der Waals surface area contributed by atoms with Crippen molar-refractivity contribution in [1.29, 1.82) is 0 Å². The minimum atomic E-state index is -0.109. The van der Waals surface area contributed by atoms with Crippen molar-refractivity contribution in [1.82, 2.24) is 9.13 Å². The van der Waals surface area contributed by atoms with Crippen molar-refractivity contribution in [2.24, 2.45) is 5.41 Å². The molecule has 2 heteroatoms. The molecule has 0 bridgehead atoms. The maximum atomic E-state index is 2.61. The molecule has 0 fully saturated rings. The van der Waals surface area contributed by atoms with Gasteiger partial charge in [0, 0.05) is 38.3 Å². The monoisotopic (exact) mass is 800 g/mol. The number of nitrogens with zero attached hydrogens (tertiary/aromatic N) is 2. The van der Waals surface area contributed by atoms with Crippen LogP contribution in [-0.2, 0) is 16.2 Å². The Morgan fingerprint density at radius 1 is 0.323 bits per heavy atom. The second-order valence-electron chi connectivity index (χ2n) is 20.2. The third-order valence-electron chi connectivity index (χ3n) is 16.4. The van der Waals surface area contributed by atoms with Gasteiger partial charge in [-0.3, -0.25) is 0 Å². The molecule has 0 atom stereocenters. The van der Waals surface area contributed by atoms with E-state index in [0.29, 0.717) is 0 Å². The molecule has 0 N–H and O–H groups in total. The molecule has 0 saturated carbocycles. The molecule has 0 spiro atoms. The average molecular weight is 801 g/mol. The minimum absolute atomic E-state index is 0.00437. The predicted molar refractivity (Wildman–Crippen MR) is 263 cm³/mol. The zero-order chi connectivity index (χ0) is 42.5. The molecular weight excluding hydrogens is 749 g/mol. The maximum Gasteiger partial charge on any atom is 0.0541 e. The van der Waals surface area contributed by atoms with Gasteiger partial charge in [-0.2, -0.15) is 0 Å². The summed E-state index contributed by atoms with van der Waals surface area (Å²) in [6.07, 6.45) is 0. The lowest BCUT2D eigenvalue weighted by Gasteiger charge is -2.44. The third kappa shape index (κ3) is 4.70. The van der Waals surface area contributed by atoms with E-state index in [1.807, 2.05) is 0 Å². The Kier molecular flexibility index (Phi) is 7.48. The SMILES string of the molecule is CC1(C)c2ccccc2-c2c(-c3cc4c(cc3-c3cc(-n5c6ccccc6c6ccccc65)cc(-n5c6ccccc6c6ccccc65)c3)C(C)(C)C(C)(C)C4(C)C)cccc21. The quantitative estimate of drug-likeness (QED) is 0.168. The number of para-hydroxylation sites is 4. The van der Waals surface area contributed by atoms with E-state index in [-0.39, 0.29) is 21.7 Å². The lowest BCUT2D eigenvalue weighted by atomic mass is 9.59. The second kappa shape index (κ2) is 12.5. The molecule has 0 unspecified atom stereocenters. The van der Waals surface area contributed by atoms with Gasteiger partial charge < -0.3 is 9.13 Å². The smallest absolute Gasteiger partial charge is 0.0541 e. The number of rotatable bonds is 4. The Balaban J connectivity index is 1.24. The summed E-state index contributed by atoms with van der Waals surface area (Å²) in [5, 5.41) is 5.05. The van der Waals surface area contributed by atoms with Gasteiger partial charge in [0.1, 0.15) is 0 Å². The molecule has 0 amide bonds. The summed E-state index contributed by atoms with van der Waals surface area (Å²) in [5.74, 6) is 0. The highest BCUT2D eigenvalue weighted by Crippen LogP contribution is 2.63. The van der Waals surface area contributed by atoms with Crippen molar-refractivity contribution in [3.05, 3.63) is 192 Å². The lowest BCUT2D eigenvalue weighted by molar-refractivity contribution is 0.125. The molecule has 0 saturated heterocycles.